The SMILES string of the molecule is CNCC(=O)N[C@@H](c1ccncc1)c1ccc(Cl)cc1. The summed E-state index contributed by atoms with van der Waals surface area (Å²) in [5, 5.41) is 6.51. The fraction of sp³-hybridized carbons (Fsp3) is 0.200. The first-order chi connectivity index (χ1) is 9.70. The van der Waals surface area contributed by atoms with Crippen molar-refractivity contribution in [3.05, 3.63) is 64.9 Å². The molecule has 4 nitrogen and oxygen atoms in total. The van der Waals surface area contributed by atoms with Gasteiger partial charge in [-0.3, -0.25) is 9.78 Å². The van der Waals surface area contributed by atoms with Gasteiger partial charge in [-0.05, 0) is 42.4 Å². The van der Waals surface area contributed by atoms with Gasteiger partial charge in [-0.1, -0.05) is 23.7 Å². The quantitative estimate of drug-likeness (QED) is 0.887. The third-order valence-corrected chi connectivity index (χ3v) is 3.14. The Bertz CT molecular complexity index is 557. The van der Waals surface area contributed by atoms with E-state index in [4.69, 9.17) is 11.6 Å². The Morgan fingerprint density at radius 1 is 1.15 bits per heavy atom. The zero-order chi connectivity index (χ0) is 14.4. The van der Waals surface area contributed by atoms with E-state index in [2.05, 4.69) is 15.6 Å². The van der Waals surface area contributed by atoms with Crippen molar-refractivity contribution < 1.29 is 4.79 Å². The molecule has 0 aliphatic carbocycles. The van der Waals surface area contributed by atoms with Crippen LogP contribution in [0.25, 0.3) is 0 Å². The monoisotopic (exact) mass is 289 g/mol. The number of halogens is 1. The standard InChI is InChI=1S/C15H16ClN3O/c1-17-10-14(20)19-15(12-6-8-18-9-7-12)11-2-4-13(16)5-3-11/h2-9,15,17H,10H2,1H3,(H,19,20)/t15-/m1/s1. The molecule has 0 spiro atoms. The number of pyridine rings is 1. The zero-order valence-corrected chi connectivity index (χ0v) is 11.9. The molecule has 0 fully saturated rings. The summed E-state index contributed by atoms with van der Waals surface area (Å²) in [6, 6.07) is 11.0. The molecule has 20 heavy (non-hydrogen) atoms. The van der Waals surface area contributed by atoms with Crippen LogP contribution in [0.1, 0.15) is 17.2 Å². The number of rotatable bonds is 5. The summed E-state index contributed by atoms with van der Waals surface area (Å²) in [7, 11) is 1.74. The van der Waals surface area contributed by atoms with Crippen molar-refractivity contribution in [1.82, 2.24) is 15.6 Å². The summed E-state index contributed by atoms with van der Waals surface area (Å²) < 4.78 is 0. The molecule has 1 aromatic heterocycles. The van der Waals surface area contributed by atoms with Crippen molar-refractivity contribution in [3.8, 4) is 0 Å². The van der Waals surface area contributed by atoms with Gasteiger partial charge in [0.2, 0.25) is 5.91 Å². The second-order valence-corrected chi connectivity index (χ2v) is 4.80. The van der Waals surface area contributed by atoms with Gasteiger partial charge < -0.3 is 10.6 Å². The van der Waals surface area contributed by atoms with E-state index in [1.807, 2.05) is 36.4 Å². The number of hydrogen-bond acceptors (Lipinski definition) is 3. The molecule has 2 rings (SSSR count). The Morgan fingerprint density at radius 3 is 2.35 bits per heavy atom. The van der Waals surface area contributed by atoms with Gasteiger partial charge in [-0.15, -0.1) is 0 Å². The lowest BCUT2D eigenvalue weighted by Crippen LogP contribution is -2.35. The number of amides is 1. The Morgan fingerprint density at radius 2 is 1.75 bits per heavy atom. The summed E-state index contributed by atoms with van der Waals surface area (Å²) in [5.41, 5.74) is 1.96. The second kappa shape index (κ2) is 7.03. The van der Waals surface area contributed by atoms with E-state index in [0.717, 1.165) is 11.1 Å². The average molecular weight is 290 g/mol. The van der Waals surface area contributed by atoms with E-state index >= 15 is 0 Å². The Kier molecular flexibility index (Phi) is 5.09. The molecule has 0 aliphatic heterocycles. The van der Waals surface area contributed by atoms with Crippen LogP contribution in [-0.2, 0) is 4.79 Å². The summed E-state index contributed by atoms with van der Waals surface area (Å²) in [6.07, 6.45) is 3.42. The van der Waals surface area contributed by atoms with Crippen LogP contribution in [0.4, 0.5) is 0 Å². The lowest BCUT2D eigenvalue weighted by atomic mass is 9.99. The second-order valence-electron chi connectivity index (χ2n) is 4.36. The molecular formula is C15H16ClN3O. The molecule has 0 aliphatic rings. The van der Waals surface area contributed by atoms with Crippen molar-refractivity contribution in [1.29, 1.82) is 0 Å². The first-order valence-corrected chi connectivity index (χ1v) is 6.68. The van der Waals surface area contributed by atoms with Crippen LogP contribution < -0.4 is 10.6 Å². The van der Waals surface area contributed by atoms with Crippen LogP contribution in [0.15, 0.2) is 48.8 Å². The zero-order valence-electron chi connectivity index (χ0n) is 11.1. The average Bonchev–Trinajstić information content (AvgIpc) is 2.47. The van der Waals surface area contributed by atoms with Gasteiger partial charge >= 0.3 is 0 Å². The lowest BCUT2D eigenvalue weighted by molar-refractivity contribution is -0.120. The fourth-order valence-corrected chi connectivity index (χ4v) is 2.07. The van der Waals surface area contributed by atoms with Gasteiger partial charge in [0.15, 0.2) is 0 Å². The van der Waals surface area contributed by atoms with E-state index in [0.29, 0.717) is 5.02 Å². The van der Waals surface area contributed by atoms with Gasteiger partial charge in [-0.25, -0.2) is 0 Å². The van der Waals surface area contributed by atoms with E-state index < -0.39 is 0 Å². The molecule has 1 amide bonds. The van der Waals surface area contributed by atoms with Crippen molar-refractivity contribution in [2.75, 3.05) is 13.6 Å². The van der Waals surface area contributed by atoms with Crippen LogP contribution in [-0.4, -0.2) is 24.5 Å². The van der Waals surface area contributed by atoms with Crippen molar-refractivity contribution in [2.24, 2.45) is 0 Å². The van der Waals surface area contributed by atoms with Gasteiger partial charge in [0.1, 0.15) is 0 Å². The first-order valence-electron chi connectivity index (χ1n) is 6.30. The number of benzene rings is 1. The van der Waals surface area contributed by atoms with Gasteiger partial charge in [0.05, 0.1) is 12.6 Å². The minimum atomic E-state index is -0.212. The molecule has 0 unspecified atom stereocenters. The maximum Gasteiger partial charge on any atom is 0.234 e. The van der Waals surface area contributed by atoms with Gasteiger partial charge in [-0.2, -0.15) is 0 Å². The number of aromatic nitrogens is 1. The molecule has 1 aromatic carbocycles. The molecule has 0 radical (unpaired) electrons. The maximum atomic E-state index is 11.9. The molecule has 2 N–H and O–H groups in total. The topological polar surface area (TPSA) is 54.0 Å². The number of nitrogens with zero attached hydrogens (tertiary/aromatic N) is 1. The largest absolute Gasteiger partial charge is 0.344 e. The summed E-state index contributed by atoms with van der Waals surface area (Å²) >= 11 is 5.91. The van der Waals surface area contributed by atoms with Gasteiger partial charge in [0.25, 0.3) is 0 Å². The smallest absolute Gasteiger partial charge is 0.234 e. The summed E-state index contributed by atoms with van der Waals surface area (Å²) in [5.74, 6) is -0.0655. The van der Waals surface area contributed by atoms with Gasteiger partial charge in [0, 0.05) is 17.4 Å². The normalized spacial score (nSPS) is 11.9. The molecule has 1 heterocycles. The van der Waals surface area contributed by atoms with Crippen LogP contribution in [0.3, 0.4) is 0 Å². The minimum absolute atomic E-state index is 0.0655. The predicted octanol–water partition coefficient (Wildman–Crippen LogP) is 2.16. The maximum absolute atomic E-state index is 11.9. The van der Waals surface area contributed by atoms with Crippen molar-refractivity contribution in [3.63, 3.8) is 0 Å². The summed E-state index contributed by atoms with van der Waals surface area (Å²) in [6.45, 7) is 0.273. The van der Waals surface area contributed by atoms with E-state index in [1.54, 1.807) is 19.4 Å². The molecule has 0 saturated heterocycles. The molecule has 2 aromatic rings. The third-order valence-electron chi connectivity index (χ3n) is 2.89. The molecule has 1 atom stereocenters. The van der Waals surface area contributed by atoms with Crippen LogP contribution in [0.2, 0.25) is 5.02 Å². The highest BCUT2D eigenvalue weighted by Crippen LogP contribution is 2.23. The summed E-state index contributed by atoms with van der Waals surface area (Å²) in [4.78, 5) is 15.9. The fourth-order valence-electron chi connectivity index (χ4n) is 1.94. The Hall–Kier alpha value is -1.91. The highest BCUT2D eigenvalue weighted by molar-refractivity contribution is 6.30. The van der Waals surface area contributed by atoms with E-state index in [9.17, 15) is 4.79 Å². The highest BCUT2D eigenvalue weighted by Gasteiger charge is 2.16. The number of hydrogen-bond donors (Lipinski definition) is 2. The number of carbonyl (C=O) groups is 1. The number of nitrogens with one attached hydrogen (secondary N) is 2. The Labute approximate surface area is 123 Å². The molecule has 104 valence electrons. The molecule has 0 bridgehead atoms. The van der Waals surface area contributed by atoms with Crippen LogP contribution in [0, 0.1) is 0 Å². The first kappa shape index (κ1) is 14.5. The van der Waals surface area contributed by atoms with Crippen LogP contribution >= 0.6 is 11.6 Å². The minimum Gasteiger partial charge on any atom is -0.344 e. The highest BCUT2D eigenvalue weighted by atomic mass is 35.5. The van der Waals surface area contributed by atoms with E-state index in [-0.39, 0.29) is 18.5 Å². The van der Waals surface area contributed by atoms with Crippen molar-refractivity contribution in [2.45, 2.75) is 6.04 Å². The molecule has 0 saturated carbocycles. The number of carbonyl (C=O) groups excluding carboxylic acids is 1. The van der Waals surface area contributed by atoms with E-state index in [1.165, 1.54) is 0 Å². The number of likely N-dealkylation sites (N-methyl/N-ethyl adjacent to an activating group) is 1. The Balaban J connectivity index is 2.29. The molecular weight excluding hydrogens is 274 g/mol. The predicted molar refractivity (Wildman–Crippen MR) is 79.6 cm³/mol. The van der Waals surface area contributed by atoms with Crippen molar-refractivity contribution >= 4 is 17.5 Å². The third kappa shape index (κ3) is 3.79. The van der Waals surface area contributed by atoms with Crippen LogP contribution in [0.5, 0.6) is 0 Å². The molecule has 5 heteroatoms. The lowest BCUT2D eigenvalue weighted by Gasteiger charge is -2.19.